The number of halogens is 1. The Kier molecular flexibility index (Phi) is 4.82. The minimum Gasteiger partial charge on any atom is -0.370 e. The molecular weight excluding hydrogens is 440 g/mol. The molecule has 3 aromatic heterocycles. The van der Waals surface area contributed by atoms with Gasteiger partial charge in [0.25, 0.3) is 0 Å². The number of rotatable bonds is 5. The van der Waals surface area contributed by atoms with Crippen LogP contribution in [-0.4, -0.2) is 29.7 Å². The van der Waals surface area contributed by atoms with Gasteiger partial charge >= 0.3 is 0 Å². The van der Waals surface area contributed by atoms with Crippen LogP contribution in [-0.2, 0) is 24.4 Å². The molecule has 164 valence electrons. The van der Waals surface area contributed by atoms with Gasteiger partial charge in [0, 0.05) is 17.5 Å². The van der Waals surface area contributed by atoms with Crippen LogP contribution < -0.4 is 0 Å². The largest absolute Gasteiger partial charge is 0.370 e. The lowest BCUT2D eigenvalue weighted by atomic mass is 10.1. The van der Waals surface area contributed by atoms with Crippen molar-refractivity contribution in [3.8, 4) is 22.8 Å². The van der Waals surface area contributed by atoms with Gasteiger partial charge in [-0.15, -0.1) is 5.10 Å². The van der Waals surface area contributed by atoms with Crippen molar-refractivity contribution in [3.05, 3.63) is 94.3 Å². The van der Waals surface area contributed by atoms with Gasteiger partial charge in [-0.1, -0.05) is 52.3 Å². The van der Waals surface area contributed by atoms with E-state index in [4.69, 9.17) is 20.9 Å². The Bertz CT molecular complexity index is 1450. The first-order valence-electron chi connectivity index (χ1n) is 10.5. The van der Waals surface area contributed by atoms with Gasteiger partial charge in [0.05, 0.1) is 41.7 Å². The molecule has 0 atom stereocenters. The van der Waals surface area contributed by atoms with Crippen LogP contribution in [0.25, 0.3) is 22.8 Å². The Hall–Kier alpha value is -3.75. The predicted molar refractivity (Wildman–Crippen MR) is 121 cm³/mol. The molecule has 0 N–H and O–H groups in total. The fourth-order valence-corrected chi connectivity index (χ4v) is 4.28. The summed E-state index contributed by atoms with van der Waals surface area (Å²) in [4.78, 5) is 4.65. The summed E-state index contributed by atoms with van der Waals surface area (Å²) in [5.74, 6) is 0.625. The van der Waals surface area contributed by atoms with Gasteiger partial charge in [0.15, 0.2) is 5.76 Å². The Morgan fingerprint density at radius 3 is 2.73 bits per heavy atom. The molecule has 0 amide bonds. The Morgan fingerprint density at radius 2 is 1.91 bits per heavy atom. The van der Waals surface area contributed by atoms with Crippen molar-refractivity contribution in [3.63, 3.8) is 0 Å². The zero-order chi connectivity index (χ0) is 22.4. The summed E-state index contributed by atoms with van der Waals surface area (Å²) in [6.45, 7) is 2.72. The molecule has 4 heterocycles. The molecule has 5 aromatic rings. The molecule has 9 heteroatoms. The summed E-state index contributed by atoms with van der Waals surface area (Å²) in [5.41, 5.74) is 7.03. The summed E-state index contributed by atoms with van der Waals surface area (Å²) < 4.78 is 15.4. The number of fused-ring (bicyclic) bond motifs is 5. The Morgan fingerprint density at radius 1 is 1.03 bits per heavy atom. The second-order valence-corrected chi connectivity index (χ2v) is 8.36. The summed E-state index contributed by atoms with van der Waals surface area (Å²) in [6, 6.07) is 17.6. The zero-order valence-electron chi connectivity index (χ0n) is 17.8. The summed E-state index contributed by atoms with van der Waals surface area (Å²) in [6.07, 6.45) is 2.33. The van der Waals surface area contributed by atoms with Crippen LogP contribution in [0.4, 0.5) is 0 Å². The number of hydrogen-bond acceptors (Lipinski definition) is 6. The Balaban J connectivity index is 1.42. The lowest BCUT2D eigenvalue weighted by Crippen LogP contribution is -2.04. The highest BCUT2D eigenvalue weighted by Crippen LogP contribution is 2.35. The van der Waals surface area contributed by atoms with Crippen LogP contribution in [0.2, 0.25) is 5.02 Å². The van der Waals surface area contributed by atoms with E-state index in [1.807, 2.05) is 70.8 Å². The van der Waals surface area contributed by atoms with Crippen LogP contribution in [0.5, 0.6) is 0 Å². The van der Waals surface area contributed by atoms with Crippen molar-refractivity contribution in [1.29, 1.82) is 0 Å². The van der Waals surface area contributed by atoms with Gasteiger partial charge in [-0.2, -0.15) is 0 Å². The monoisotopic (exact) mass is 458 g/mol. The minimum absolute atomic E-state index is 0.338. The number of imidazole rings is 1. The quantitative estimate of drug-likeness (QED) is 0.372. The second kappa shape index (κ2) is 7.99. The summed E-state index contributed by atoms with van der Waals surface area (Å²) >= 11 is 6.35. The average molecular weight is 459 g/mol. The number of aromatic nitrogens is 6. The first-order valence-corrected chi connectivity index (χ1v) is 10.9. The van der Waals surface area contributed by atoms with E-state index in [2.05, 4.69) is 20.5 Å². The maximum Gasteiger partial charge on any atom is 0.187 e. The van der Waals surface area contributed by atoms with Crippen molar-refractivity contribution >= 4 is 11.6 Å². The molecule has 0 bridgehead atoms. The second-order valence-electron chi connectivity index (χ2n) is 7.93. The van der Waals surface area contributed by atoms with Gasteiger partial charge in [0.1, 0.15) is 17.7 Å². The van der Waals surface area contributed by atoms with Gasteiger partial charge in [-0.3, -0.25) is 4.57 Å². The number of ether oxygens (including phenoxy) is 1. The molecule has 33 heavy (non-hydrogen) atoms. The van der Waals surface area contributed by atoms with Crippen LogP contribution in [0, 0.1) is 6.92 Å². The smallest absolute Gasteiger partial charge is 0.187 e. The first-order chi connectivity index (χ1) is 16.2. The fourth-order valence-electron chi connectivity index (χ4n) is 4.11. The molecule has 1 aliphatic heterocycles. The summed E-state index contributed by atoms with van der Waals surface area (Å²) in [7, 11) is 0. The predicted octanol–water partition coefficient (Wildman–Crippen LogP) is 4.69. The highest BCUT2D eigenvalue weighted by Gasteiger charge is 2.28. The Labute approximate surface area is 194 Å². The maximum absolute atomic E-state index is 6.35. The average Bonchev–Trinajstić information content (AvgIpc) is 3.52. The van der Waals surface area contributed by atoms with E-state index in [0.717, 1.165) is 45.4 Å². The molecule has 2 aromatic carbocycles. The third-order valence-corrected chi connectivity index (χ3v) is 5.92. The maximum atomic E-state index is 6.35. The van der Waals surface area contributed by atoms with E-state index in [9.17, 15) is 0 Å². The SMILES string of the molecule is Cc1cc(-c2ncn3c2Cc2c(COCc4ccccc4)nnn2-c2cc(Cl)ccc2-3)on1. The van der Waals surface area contributed by atoms with Crippen LogP contribution in [0.3, 0.4) is 0 Å². The number of hydrogen-bond donors (Lipinski definition) is 0. The standard InChI is InChI=1S/C24H19ClN6O2/c1-15-9-23(33-28-15)24-22-11-20-18(13-32-12-16-5-3-2-4-6-16)27-29-31(20)21-10-17(25)7-8-19(21)30(22)14-26-24/h2-10,14H,11-13H2,1H3. The van der Waals surface area contributed by atoms with Crippen molar-refractivity contribution in [1.82, 2.24) is 29.7 Å². The van der Waals surface area contributed by atoms with E-state index in [1.165, 1.54) is 0 Å². The van der Waals surface area contributed by atoms with Crippen LogP contribution >= 0.6 is 11.6 Å². The third-order valence-electron chi connectivity index (χ3n) is 5.68. The number of benzene rings is 2. The van der Waals surface area contributed by atoms with Crippen molar-refractivity contribution in [2.24, 2.45) is 0 Å². The highest BCUT2D eigenvalue weighted by atomic mass is 35.5. The molecule has 0 unspecified atom stereocenters. The van der Waals surface area contributed by atoms with Gasteiger partial charge in [-0.05, 0) is 30.7 Å². The van der Waals surface area contributed by atoms with Gasteiger partial charge in [-0.25, -0.2) is 9.67 Å². The van der Waals surface area contributed by atoms with E-state index in [1.54, 1.807) is 6.33 Å². The number of aryl methyl sites for hydroxylation is 1. The molecule has 8 nitrogen and oxygen atoms in total. The molecule has 1 aliphatic rings. The molecule has 0 aliphatic carbocycles. The first kappa shape index (κ1) is 19.9. The molecule has 0 saturated carbocycles. The normalized spacial score (nSPS) is 12.2. The van der Waals surface area contributed by atoms with Crippen molar-refractivity contribution < 1.29 is 9.26 Å². The van der Waals surface area contributed by atoms with E-state index >= 15 is 0 Å². The zero-order valence-corrected chi connectivity index (χ0v) is 18.5. The molecule has 0 fully saturated rings. The van der Waals surface area contributed by atoms with Crippen molar-refractivity contribution in [2.75, 3.05) is 0 Å². The van der Waals surface area contributed by atoms with E-state index in [0.29, 0.717) is 30.4 Å². The van der Waals surface area contributed by atoms with Gasteiger partial charge < -0.3 is 9.26 Å². The molecule has 6 rings (SSSR count). The fraction of sp³-hybridized carbons (Fsp3) is 0.167. The van der Waals surface area contributed by atoms with Gasteiger partial charge in [0.2, 0.25) is 0 Å². The molecule has 0 saturated heterocycles. The molecule has 0 radical (unpaired) electrons. The topological polar surface area (TPSA) is 83.8 Å². The van der Waals surface area contributed by atoms with E-state index < -0.39 is 0 Å². The lowest BCUT2D eigenvalue weighted by Gasteiger charge is -2.10. The minimum atomic E-state index is 0.338. The molecular formula is C24H19ClN6O2. The summed E-state index contributed by atoms with van der Waals surface area (Å²) in [5, 5.41) is 13.5. The van der Waals surface area contributed by atoms with E-state index in [-0.39, 0.29) is 0 Å². The van der Waals surface area contributed by atoms with Crippen molar-refractivity contribution in [2.45, 2.75) is 26.6 Å². The molecule has 0 spiro atoms. The lowest BCUT2D eigenvalue weighted by molar-refractivity contribution is 0.104. The highest BCUT2D eigenvalue weighted by molar-refractivity contribution is 6.30. The van der Waals surface area contributed by atoms with Crippen LogP contribution in [0.15, 0.2) is 65.4 Å². The third kappa shape index (κ3) is 3.53. The number of nitrogens with zero attached hydrogens (tertiary/aromatic N) is 6. The van der Waals surface area contributed by atoms with Crippen LogP contribution in [0.1, 0.15) is 28.3 Å².